The zero-order valence-electron chi connectivity index (χ0n) is 17.6. The third-order valence-corrected chi connectivity index (χ3v) is 10.0. The first kappa shape index (κ1) is 20.2. The zero-order valence-corrected chi connectivity index (χ0v) is 18.5. The fraction of sp³-hybridized carbons (Fsp3) is 0.0357. The van der Waals surface area contributed by atoms with Gasteiger partial charge in [0.2, 0.25) is 0 Å². The zero-order chi connectivity index (χ0) is 22.0. The molecule has 3 nitrogen and oxygen atoms in total. The molecule has 32 heavy (non-hydrogen) atoms. The summed E-state index contributed by atoms with van der Waals surface area (Å²) in [6.45, 7) is 0. The molecule has 5 aromatic rings. The van der Waals surface area contributed by atoms with Crippen LogP contribution in [-0.2, 0) is 0 Å². The lowest BCUT2D eigenvalue weighted by atomic mass is 10.2. The van der Waals surface area contributed by atoms with Gasteiger partial charge < -0.3 is 9.15 Å². The van der Waals surface area contributed by atoms with E-state index in [2.05, 4.69) is 72.8 Å². The Labute approximate surface area is 187 Å². The van der Waals surface area contributed by atoms with Crippen LogP contribution in [0.2, 0.25) is 0 Å². The summed E-state index contributed by atoms with van der Waals surface area (Å²) in [6, 6.07) is 38.8. The number of methoxy groups -OCH3 is 1. The van der Waals surface area contributed by atoms with Crippen molar-refractivity contribution in [2.24, 2.45) is 0 Å². The monoisotopic (exact) mass is 437 g/mol. The minimum Gasteiger partial charge on any atom is -0.497 e. The van der Waals surface area contributed by atoms with Crippen LogP contribution < -0.4 is 31.6 Å². The van der Waals surface area contributed by atoms with Gasteiger partial charge in [0.05, 0.1) is 18.6 Å². The molecule has 0 saturated heterocycles. The lowest BCUT2D eigenvalue weighted by Gasteiger charge is -2.28. The van der Waals surface area contributed by atoms with Crippen LogP contribution in [0.4, 0.5) is 0 Å². The third-order valence-electron chi connectivity index (χ3n) is 5.72. The molecule has 1 aromatic heterocycles. The number of hydrogen-bond donors (Lipinski definition) is 0. The Morgan fingerprint density at radius 1 is 0.656 bits per heavy atom. The van der Waals surface area contributed by atoms with E-state index in [1.165, 1.54) is 15.9 Å². The first-order valence-corrected chi connectivity index (χ1v) is 12.2. The fourth-order valence-corrected chi connectivity index (χ4v) is 8.78. The van der Waals surface area contributed by atoms with Gasteiger partial charge in [0.25, 0.3) is 0 Å². The highest BCUT2D eigenvalue weighted by Crippen LogP contribution is 2.55. The Balaban J connectivity index is 2.00. The highest BCUT2D eigenvalue weighted by Gasteiger charge is 2.49. The molecule has 0 aliphatic heterocycles. The molecule has 0 N–H and O–H groups in total. The molecule has 0 spiro atoms. The van der Waals surface area contributed by atoms with Crippen molar-refractivity contribution < 1.29 is 9.15 Å². The molecule has 0 atom stereocenters. The topological polar surface area (TPSA) is 39.4 Å². The standard InChI is InChI=1S/C28H22O3P/c1-30-21-17-18-25-26(19-21)31-28(29)20-27(25)32(22-11-5-2-6-12-22,23-13-7-3-8-14-23)24-15-9-4-10-16-24/h2-20H,1H3/q+1. The number of fused-ring (bicyclic) bond motifs is 1. The van der Waals surface area contributed by atoms with E-state index in [0.717, 1.165) is 10.7 Å². The van der Waals surface area contributed by atoms with Crippen molar-refractivity contribution in [2.45, 2.75) is 0 Å². The number of rotatable bonds is 5. The molecule has 0 unspecified atom stereocenters. The van der Waals surface area contributed by atoms with E-state index < -0.39 is 7.26 Å². The first-order chi connectivity index (χ1) is 15.7. The average Bonchev–Trinajstić information content (AvgIpc) is 2.86. The van der Waals surface area contributed by atoms with Gasteiger partial charge in [-0.1, -0.05) is 54.6 Å². The van der Waals surface area contributed by atoms with Crippen LogP contribution >= 0.6 is 7.26 Å². The summed E-state index contributed by atoms with van der Waals surface area (Å²) >= 11 is 0. The number of benzene rings is 4. The Kier molecular flexibility index (Phi) is 5.34. The molecule has 0 bridgehead atoms. The normalized spacial score (nSPS) is 11.4. The third kappa shape index (κ3) is 3.32. The molecule has 1 heterocycles. The second kappa shape index (κ2) is 8.45. The smallest absolute Gasteiger partial charge is 0.340 e. The van der Waals surface area contributed by atoms with Crippen LogP contribution in [0.25, 0.3) is 11.0 Å². The van der Waals surface area contributed by atoms with Gasteiger partial charge in [-0.05, 0) is 48.5 Å². The van der Waals surface area contributed by atoms with Crippen LogP contribution in [0.15, 0.2) is 124 Å². The Bertz CT molecular complexity index is 1310. The van der Waals surface area contributed by atoms with E-state index >= 15 is 0 Å². The van der Waals surface area contributed by atoms with Crippen molar-refractivity contribution >= 4 is 39.4 Å². The highest BCUT2D eigenvalue weighted by atomic mass is 31.2. The molecule has 5 rings (SSSR count). The summed E-state index contributed by atoms with van der Waals surface area (Å²) in [5, 5.41) is 5.44. The van der Waals surface area contributed by atoms with Gasteiger partial charge in [-0.15, -0.1) is 0 Å². The van der Waals surface area contributed by atoms with E-state index in [1.54, 1.807) is 19.2 Å². The molecule has 0 aliphatic carbocycles. The summed E-state index contributed by atoms with van der Waals surface area (Å²) in [5.74, 6) is 0.654. The predicted octanol–water partition coefficient (Wildman–Crippen LogP) is 4.42. The number of ether oxygens (including phenoxy) is 1. The lowest BCUT2D eigenvalue weighted by molar-refractivity contribution is 0.414. The Morgan fingerprint density at radius 3 is 1.62 bits per heavy atom. The van der Waals surface area contributed by atoms with Gasteiger partial charge in [-0.25, -0.2) is 4.79 Å². The maximum absolute atomic E-state index is 12.9. The Morgan fingerprint density at radius 2 is 1.16 bits per heavy atom. The van der Waals surface area contributed by atoms with Crippen LogP contribution in [0.5, 0.6) is 5.75 Å². The second-order valence-corrected chi connectivity index (χ2v) is 10.9. The molecule has 0 radical (unpaired) electrons. The van der Waals surface area contributed by atoms with Crippen LogP contribution in [-0.4, -0.2) is 7.11 Å². The fourth-order valence-electron chi connectivity index (χ4n) is 4.35. The van der Waals surface area contributed by atoms with E-state index in [-0.39, 0.29) is 5.63 Å². The molecule has 4 aromatic carbocycles. The predicted molar refractivity (Wildman–Crippen MR) is 134 cm³/mol. The van der Waals surface area contributed by atoms with Crippen molar-refractivity contribution in [3.05, 3.63) is 126 Å². The van der Waals surface area contributed by atoms with Gasteiger partial charge in [0, 0.05) is 6.07 Å². The average molecular weight is 437 g/mol. The molecule has 4 heteroatoms. The quantitative estimate of drug-likeness (QED) is 0.302. The highest BCUT2D eigenvalue weighted by molar-refractivity contribution is 8.01. The molecule has 156 valence electrons. The maximum Gasteiger partial charge on any atom is 0.340 e. The van der Waals surface area contributed by atoms with Crippen LogP contribution in [0.1, 0.15) is 0 Å². The van der Waals surface area contributed by atoms with Crippen molar-refractivity contribution in [1.29, 1.82) is 0 Å². The summed E-state index contributed by atoms with van der Waals surface area (Å²) in [6.07, 6.45) is 0. The minimum atomic E-state index is -2.40. The second-order valence-electron chi connectivity index (χ2n) is 7.49. The first-order valence-electron chi connectivity index (χ1n) is 10.4. The van der Waals surface area contributed by atoms with Crippen molar-refractivity contribution in [1.82, 2.24) is 0 Å². The SMILES string of the molecule is COc1ccc2c([P+](c3ccccc3)(c3ccccc3)c3ccccc3)cc(=O)oc2c1. The van der Waals surface area contributed by atoms with Gasteiger partial charge >= 0.3 is 5.63 Å². The van der Waals surface area contributed by atoms with Gasteiger partial charge in [-0.3, -0.25) is 0 Å². The summed E-state index contributed by atoms with van der Waals surface area (Å²) < 4.78 is 11.0. The molecular formula is C28H22O3P+. The summed E-state index contributed by atoms with van der Waals surface area (Å²) in [4.78, 5) is 12.9. The molecule has 0 aliphatic rings. The van der Waals surface area contributed by atoms with Crippen molar-refractivity contribution in [3.63, 3.8) is 0 Å². The molecule has 0 amide bonds. The van der Waals surface area contributed by atoms with Crippen LogP contribution in [0, 0.1) is 0 Å². The van der Waals surface area contributed by atoms with Crippen LogP contribution in [0.3, 0.4) is 0 Å². The number of hydrogen-bond acceptors (Lipinski definition) is 3. The van der Waals surface area contributed by atoms with Crippen molar-refractivity contribution in [3.8, 4) is 5.75 Å². The minimum absolute atomic E-state index is 0.368. The van der Waals surface area contributed by atoms with Gasteiger partial charge in [0.15, 0.2) is 0 Å². The molecular weight excluding hydrogens is 415 g/mol. The lowest BCUT2D eigenvalue weighted by Crippen LogP contribution is -2.39. The van der Waals surface area contributed by atoms with E-state index in [9.17, 15) is 4.79 Å². The summed E-state index contributed by atoms with van der Waals surface area (Å²) in [7, 11) is -0.793. The van der Waals surface area contributed by atoms with E-state index in [1.807, 2.05) is 30.3 Å². The van der Waals surface area contributed by atoms with Gasteiger partial charge in [0.1, 0.15) is 39.8 Å². The molecule has 0 fully saturated rings. The molecule has 0 saturated carbocycles. The van der Waals surface area contributed by atoms with E-state index in [4.69, 9.17) is 9.15 Å². The van der Waals surface area contributed by atoms with Crippen molar-refractivity contribution in [2.75, 3.05) is 7.11 Å². The largest absolute Gasteiger partial charge is 0.497 e. The summed E-state index contributed by atoms with van der Waals surface area (Å²) in [5.41, 5.74) is 0.159. The maximum atomic E-state index is 12.9. The van der Waals surface area contributed by atoms with Gasteiger partial charge in [-0.2, -0.15) is 0 Å². The van der Waals surface area contributed by atoms with E-state index in [0.29, 0.717) is 11.3 Å². The Hall–Kier alpha value is -3.68.